The number of halogens is 1. The Balaban J connectivity index is 0.00000288. The van der Waals surface area contributed by atoms with E-state index in [1.807, 2.05) is 0 Å². The zero-order valence-electron chi connectivity index (χ0n) is 15.6. The molecule has 1 aliphatic heterocycles. The molecule has 2 rings (SSSR count). The highest BCUT2D eigenvalue weighted by atomic mass is 127. The Bertz CT molecular complexity index is 348. The van der Waals surface area contributed by atoms with E-state index in [1.54, 1.807) is 0 Å². The van der Waals surface area contributed by atoms with E-state index in [4.69, 9.17) is 4.74 Å². The molecule has 24 heavy (non-hydrogen) atoms. The second-order valence-electron chi connectivity index (χ2n) is 7.05. The molecule has 1 atom stereocenters. The van der Waals surface area contributed by atoms with Crippen LogP contribution in [-0.2, 0) is 4.74 Å². The molecule has 1 saturated carbocycles. The van der Waals surface area contributed by atoms with Crippen LogP contribution < -0.4 is 10.6 Å². The van der Waals surface area contributed by atoms with E-state index in [0.717, 1.165) is 51.2 Å². The van der Waals surface area contributed by atoms with E-state index >= 15 is 0 Å². The van der Waals surface area contributed by atoms with Crippen LogP contribution in [0.1, 0.15) is 51.9 Å². The van der Waals surface area contributed by atoms with Gasteiger partial charge in [-0.1, -0.05) is 38.5 Å². The number of ether oxygens (including phenoxy) is 1. The molecule has 1 aliphatic carbocycles. The SMILES string of the molecule is CCNC(=NCC1CN(C)CCO1)NCCCCC1CCCC1.I. The number of aliphatic imine (C=N–C) groups is 1. The van der Waals surface area contributed by atoms with Crippen molar-refractivity contribution >= 4 is 29.9 Å². The van der Waals surface area contributed by atoms with Gasteiger partial charge in [0.25, 0.3) is 0 Å². The van der Waals surface area contributed by atoms with E-state index in [2.05, 4.69) is 34.5 Å². The summed E-state index contributed by atoms with van der Waals surface area (Å²) < 4.78 is 5.77. The third-order valence-corrected chi connectivity index (χ3v) is 4.95. The average molecular weight is 452 g/mol. The van der Waals surface area contributed by atoms with E-state index in [0.29, 0.717) is 0 Å². The molecular formula is C18H37IN4O. The van der Waals surface area contributed by atoms with E-state index < -0.39 is 0 Å². The molecule has 0 amide bonds. The Morgan fingerprint density at radius 1 is 1.21 bits per heavy atom. The summed E-state index contributed by atoms with van der Waals surface area (Å²) in [5.74, 6) is 1.95. The number of unbranched alkanes of at least 4 members (excludes halogenated alkanes) is 1. The van der Waals surface area contributed by atoms with Crippen LogP contribution in [0.5, 0.6) is 0 Å². The van der Waals surface area contributed by atoms with Crippen molar-refractivity contribution in [3.05, 3.63) is 0 Å². The third-order valence-electron chi connectivity index (χ3n) is 4.95. The molecule has 5 nitrogen and oxygen atoms in total. The smallest absolute Gasteiger partial charge is 0.191 e. The summed E-state index contributed by atoms with van der Waals surface area (Å²) in [7, 11) is 2.15. The summed E-state index contributed by atoms with van der Waals surface area (Å²) in [5.41, 5.74) is 0. The molecule has 142 valence electrons. The lowest BCUT2D eigenvalue weighted by molar-refractivity contribution is -0.0136. The molecule has 0 aromatic heterocycles. The number of morpholine rings is 1. The molecule has 1 unspecified atom stereocenters. The molecule has 0 aromatic rings. The highest BCUT2D eigenvalue weighted by Crippen LogP contribution is 2.28. The summed E-state index contributed by atoms with van der Waals surface area (Å²) in [6, 6.07) is 0. The number of nitrogens with zero attached hydrogens (tertiary/aromatic N) is 2. The molecule has 0 bridgehead atoms. The predicted molar refractivity (Wildman–Crippen MR) is 112 cm³/mol. The van der Waals surface area contributed by atoms with Gasteiger partial charge in [0, 0.05) is 26.2 Å². The molecule has 1 saturated heterocycles. The van der Waals surface area contributed by atoms with Crippen LogP contribution in [0.4, 0.5) is 0 Å². The zero-order valence-corrected chi connectivity index (χ0v) is 17.9. The molecule has 0 aromatic carbocycles. The van der Waals surface area contributed by atoms with E-state index in [9.17, 15) is 0 Å². The molecule has 2 N–H and O–H groups in total. The first-order valence-electron chi connectivity index (χ1n) is 9.60. The zero-order chi connectivity index (χ0) is 16.3. The van der Waals surface area contributed by atoms with Gasteiger partial charge in [-0.25, -0.2) is 0 Å². The number of guanidine groups is 1. The van der Waals surface area contributed by atoms with Gasteiger partial charge in [0.05, 0.1) is 19.3 Å². The third kappa shape index (κ3) is 8.85. The van der Waals surface area contributed by atoms with Gasteiger partial charge in [0.1, 0.15) is 0 Å². The largest absolute Gasteiger partial charge is 0.374 e. The molecule has 2 aliphatic rings. The fourth-order valence-corrected chi connectivity index (χ4v) is 3.58. The summed E-state index contributed by atoms with van der Waals surface area (Å²) in [4.78, 5) is 7.00. The number of nitrogens with one attached hydrogen (secondary N) is 2. The van der Waals surface area contributed by atoms with Gasteiger partial charge in [0.15, 0.2) is 5.96 Å². The second-order valence-corrected chi connectivity index (χ2v) is 7.05. The quantitative estimate of drug-likeness (QED) is 0.258. The Labute approximate surface area is 165 Å². The first kappa shape index (κ1) is 22.0. The summed E-state index contributed by atoms with van der Waals surface area (Å²) >= 11 is 0. The van der Waals surface area contributed by atoms with Gasteiger partial charge < -0.3 is 20.3 Å². The lowest BCUT2D eigenvalue weighted by Gasteiger charge is -2.29. The van der Waals surface area contributed by atoms with Crippen molar-refractivity contribution in [3.8, 4) is 0 Å². The van der Waals surface area contributed by atoms with Gasteiger partial charge in [-0.05, 0) is 26.3 Å². The molecule has 0 radical (unpaired) electrons. The fourth-order valence-electron chi connectivity index (χ4n) is 3.58. The van der Waals surface area contributed by atoms with Crippen molar-refractivity contribution in [3.63, 3.8) is 0 Å². The van der Waals surface area contributed by atoms with Gasteiger partial charge in [-0.15, -0.1) is 24.0 Å². The number of rotatable bonds is 8. The Morgan fingerprint density at radius 2 is 2.00 bits per heavy atom. The van der Waals surface area contributed by atoms with Gasteiger partial charge in [0.2, 0.25) is 0 Å². The number of hydrogen-bond acceptors (Lipinski definition) is 3. The minimum atomic E-state index is 0. The molecule has 1 heterocycles. The topological polar surface area (TPSA) is 48.9 Å². The van der Waals surface area contributed by atoms with Crippen molar-refractivity contribution in [1.82, 2.24) is 15.5 Å². The van der Waals surface area contributed by atoms with Gasteiger partial charge in [-0.2, -0.15) is 0 Å². The van der Waals surface area contributed by atoms with Crippen LogP contribution in [0.2, 0.25) is 0 Å². The first-order valence-corrected chi connectivity index (χ1v) is 9.60. The normalized spacial score (nSPS) is 23.1. The Kier molecular flexibility index (Phi) is 12.0. The van der Waals surface area contributed by atoms with Crippen LogP contribution in [0.3, 0.4) is 0 Å². The molecule has 0 spiro atoms. The van der Waals surface area contributed by atoms with Crippen molar-refractivity contribution < 1.29 is 4.74 Å². The predicted octanol–water partition coefficient (Wildman–Crippen LogP) is 2.85. The maximum Gasteiger partial charge on any atom is 0.191 e. The second kappa shape index (κ2) is 13.2. The molecule has 2 fully saturated rings. The van der Waals surface area contributed by atoms with Crippen LogP contribution in [0, 0.1) is 5.92 Å². The molecule has 6 heteroatoms. The van der Waals surface area contributed by atoms with Crippen LogP contribution >= 0.6 is 24.0 Å². The number of likely N-dealkylation sites (N-methyl/N-ethyl adjacent to an activating group) is 1. The van der Waals surface area contributed by atoms with Gasteiger partial charge >= 0.3 is 0 Å². The van der Waals surface area contributed by atoms with Crippen LogP contribution in [0.25, 0.3) is 0 Å². The Hall–Kier alpha value is -0.0800. The minimum absolute atomic E-state index is 0. The minimum Gasteiger partial charge on any atom is -0.374 e. The number of hydrogen-bond donors (Lipinski definition) is 2. The van der Waals surface area contributed by atoms with Crippen molar-refractivity contribution in [2.45, 2.75) is 58.0 Å². The maximum absolute atomic E-state index is 5.77. The maximum atomic E-state index is 5.77. The van der Waals surface area contributed by atoms with E-state index in [-0.39, 0.29) is 30.1 Å². The van der Waals surface area contributed by atoms with Crippen molar-refractivity contribution in [1.29, 1.82) is 0 Å². The monoisotopic (exact) mass is 452 g/mol. The van der Waals surface area contributed by atoms with Crippen LogP contribution in [0.15, 0.2) is 4.99 Å². The first-order chi connectivity index (χ1) is 11.3. The summed E-state index contributed by atoms with van der Waals surface area (Å²) in [6.45, 7) is 7.60. The van der Waals surface area contributed by atoms with Crippen LogP contribution in [-0.4, -0.2) is 63.3 Å². The molecular weight excluding hydrogens is 415 g/mol. The summed E-state index contributed by atoms with van der Waals surface area (Å²) in [6.07, 6.45) is 10.1. The average Bonchev–Trinajstić information content (AvgIpc) is 3.05. The standard InChI is InChI=1S/C18H36N4O.HI/c1-3-19-18(21-14-17-15-22(2)12-13-23-17)20-11-7-6-10-16-8-4-5-9-16;/h16-17H,3-15H2,1-2H3,(H2,19,20,21);1H. The fraction of sp³-hybridized carbons (Fsp3) is 0.944. The lowest BCUT2D eigenvalue weighted by Crippen LogP contribution is -2.43. The van der Waals surface area contributed by atoms with Crippen molar-refractivity contribution in [2.24, 2.45) is 10.9 Å². The lowest BCUT2D eigenvalue weighted by atomic mass is 10.0. The highest BCUT2D eigenvalue weighted by molar-refractivity contribution is 14.0. The highest BCUT2D eigenvalue weighted by Gasteiger charge is 2.17. The Morgan fingerprint density at radius 3 is 2.71 bits per heavy atom. The van der Waals surface area contributed by atoms with E-state index in [1.165, 1.54) is 44.9 Å². The van der Waals surface area contributed by atoms with Gasteiger partial charge in [-0.3, -0.25) is 4.99 Å². The van der Waals surface area contributed by atoms with Crippen molar-refractivity contribution in [2.75, 3.05) is 46.4 Å². The summed E-state index contributed by atoms with van der Waals surface area (Å²) in [5, 5.41) is 6.80.